The summed E-state index contributed by atoms with van der Waals surface area (Å²) in [5.74, 6) is 2.80. The number of aromatic nitrogens is 2. The molecule has 0 amide bonds. The Morgan fingerprint density at radius 1 is 1.20 bits per heavy atom. The average Bonchev–Trinajstić information content (AvgIpc) is 2.92. The lowest BCUT2D eigenvalue weighted by Crippen LogP contribution is -2.11. The van der Waals surface area contributed by atoms with Gasteiger partial charge in [-0.25, -0.2) is 0 Å². The van der Waals surface area contributed by atoms with Crippen LogP contribution < -0.4 is 0 Å². The molecule has 1 heterocycles. The Kier molecular flexibility index (Phi) is 3.47. The molecule has 1 aliphatic carbocycles. The highest BCUT2D eigenvalue weighted by Crippen LogP contribution is 2.35. The Morgan fingerprint density at radius 2 is 1.95 bits per heavy atom. The van der Waals surface area contributed by atoms with Crippen molar-refractivity contribution in [3.8, 4) is 17.2 Å². The van der Waals surface area contributed by atoms with Crippen molar-refractivity contribution in [1.82, 2.24) is 10.1 Å². The molecular weight excluding hydrogens is 252 g/mol. The van der Waals surface area contributed by atoms with E-state index in [0.29, 0.717) is 11.8 Å². The van der Waals surface area contributed by atoms with Gasteiger partial charge >= 0.3 is 0 Å². The van der Waals surface area contributed by atoms with E-state index >= 15 is 0 Å². The van der Waals surface area contributed by atoms with E-state index in [-0.39, 0.29) is 5.75 Å². The highest BCUT2D eigenvalue weighted by atomic mass is 16.5. The number of rotatable bonds is 2. The number of nitrogens with zero attached hydrogens (tertiary/aromatic N) is 2. The van der Waals surface area contributed by atoms with Gasteiger partial charge in [-0.2, -0.15) is 4.98 Å². The van der Waals surface area contributed by atoms with Crippen LogP contribution in [-0.4, -0.2) is 15.2 Å². The Labute approximate surface area is 118 Å². The summed E-state index contributed by atoms with van der Waals surface area (Å²) in [5.41, 5.74) is 1.62. The van der Waals surface area contributed by atoms with Crippen LogP contribution in [-0.2, 0) is 0 Å². The molecule has 0 bridgehead atoms. The summed E-state index contributed by atoms with van der Waals surface area (Å²) >= 11 is 0. The van der Waals surface area contributed by atoms with Gasteiger partial charge in [-0.05, 0) is 43.4 Å². The highest BCUT2D eigenvalue weighted by Gasteiger charge is 2.24. The first-order valence-corrected chi connectivity index (χ1v) is 7.27. The lowest BCUT2D eigenvalue weighted by atomic mass is 9.83. The standard InChI is InChI=1S/C16H20N2O2/c1-10-3-6-12(7-4-10)15-17-16(20-18-15)13-8-5-11(2)14(19)9-13/h5,8-10,12,19H,3-4,6-7H2,1-2H3. The number of hydrogen-bond acceptors (Lipinski definition) is 4. The predicted molar refractivity (Wildman–Crippen MR) is 76.5 cm³/mol. The molecule has 0 radical (unpaired) electrons. The molecule has 0 atom stereocenters. The van der Waals surface area contributed by atoms with Gasteiger partial charge in [-0.15, -0.1) is 0 Å². The SMILES string of the molecule is Cc1ccc(-c2nc(C3CCC(C)CC3)no2)cc1O. The molecule has 0 saturated heterocycles. The smallest absolute Gasteiger partial charge is 0.258 e. The third-order valence-corrected chi connectivity index (χ3v) is 4.28. The minimum absolute atomic E-state index is 0.258. The first-order valence-electron chi connectivity index (χ1n) is 7.27. The molecule has 4 nitrogen and oxygen atoms in total. The molecule has 0 spiro atoms. The van der Waals surface area contributed by atoms with Crippen molar-refractivity contribution in [3.63, 3.8) is 0 Å². The summed E-state index contributed by atoms with van der Waals surface area (Å²) < 4.78 is 5.35. The van der Waals surface area contributed by atoms with E-state index in [1.165, 1.54) is 12.8 Å². The molecule has 1 N–H and O–H groups in total. The van der Waals surface area contributed by atoms with Crippen molar-refractivity contribution in [2.45, 2.75) is 45.4 Å². The Bertz CT molecular complexity index is 598. The van der Waals surface area contributed by atoms with Gasteiger partial charge in [-0.1, -0.05) is 31.0 Å². The van der Waals surface area contributed by atoms with Gasteiger partial charge in [0.25, 0.3) is 5.89 Å². The normalized spacial score (nSPS) is 22.9. The van der Waals surface area contributed by atoms with Gasteiger partial charge in [0.2, 0.25) is 0 Å². The van der Waals surface area contributed by atoms with Crippen LogP contribution in [0.15, 0.2) is 22.7 Å². The number of hydrogen-bond donors (Lipinski definition) is 1. The molecule has 2 aromatic rings. The molecule has 1 aliphatic rings. The summed E-state index contributed by atoms with van der Waals surface area (Å²) in [4.78, 5) is 4.51. The molecule has 4 heteroatoms. The van der Waals surface area contributed by atoms with Crippen molar-refractivity contribution < 1.29 is 9.63 Å². The molecule has 3 rings (SSSR count). The maximum atomic E-state index is 9.76. The number of aryl methyl sites for hydroxylation is 1. The summed E-state index contributed by atoms with van der Waals surface area (Å²) in [7, 11) is 0. The quantitative estimate of drug-likeness (QED) is 0.896. The van der Waals surface area contributed by atoms with Gasteiger partial charge in [0.05, 0.1) is 0 Å². The fraction of sp³-hybridized carbons (Fsp3) is 0.500. The zero-order valence-electron chi connectivity index (χ0n) is 12.0. The van der Waals surface area contributed by atoms with Crippen molar-refractivity contribution in [3.05, 3.63) is 29.6 Å². The van der Waals surface area contributed by atoms with Crippen molar-refractivity contribution in [2.75, 3.05) is 0 Å². The Morgan fingerprint density at radius 3 is 2.65 bits per heavy atom. The summed E-state index contributed by atoms with van der Waals surface area (Å²) in [5, 5.41) is 13.9. The van der Waals surface area contributed by atoms with Gasteiger partial charge < -0.3 is 9.63 Å². The summed E-state index contributed by atoms with van der Waals surface area (Å²) in [6.07, 6.45) is 4.75. The first kappa shape index (κ1) is 13.2. The Hall–Kier alpha value is -1.84. The molecule has 106 valence electrons. The molecule has 1 saturated carbocycles. The largest absolute Gasteiger partial charge is 0.508 e. The first-order chi connectivity index (χ1) is 9.63. The number of benzene rings is 1. The second-order valence-electron chi connectivity index (χ2n) is 5.92. The fourth-order valence-corrected chi connectivity index (χ4v) is 2.78. The van der Waals surface area contributed by atoms with Gasteiger partial charge in [-0.3, -0.25) is 0 Å². The zero-order valence-corrected chi connectivity index (χ0v) is 12.0. The van der Waals surface area contributed by atoms with Crippen LogP contribution in [0, 0.1) is 12.8 Å². The fourth-order valence-electron chi connectivity index (χ4n) is 2.78. The van der Waals surface area contributed by atoms with E-state index in [2.05, 4.69) is 17.1 Å². The zero-order chi connectivity index (χ0) is 14.1. The lowest BCUT2D eigenvalue weighted by Gasteiger charge is -2.23. The molecular formula is C16H20N2O2. The van der Waals surface area contributed by atoms with Crippen LogP contribution in [0.25, 0.3) is 11.5 Å². The van der Waals surface area contributed by atoms with E-state index in [4.69, 9.17) is 4.52 Å². The lowest BCUT2D eigenvalue weighted by molar-refractivity contribution is 0.329. The van der Waals surface area contributed by atoms with Crippen molar-refractivity contribution in [1.29, 1.82) is 0 Å². The van der Waals surface area contributed by atoms with Crippen LogP contribution in [0.1, 0.15) is 49.9 Å². The second-order valence-corrected chi connectivity index (χ2v) is 5.92. The number of phenols is 1. The van der Waals surface area contributed by atoms with Crippen LogP contribution in [0.4, 0.5) is 0 Å². The topological polar surface area (TPSA) is 59.2 Å². The van der Waals surface area contributed by atoms with Gasteiger partial charge in [0.15, 0.2) is 5.82 Å². The third kappa shape index (κ3) is 2.55. The monoisotopic (exact) mass is 272 g/mol. The van der Waals surface area contributed by atoms with Crippen LogP contribution in [0.2, 0.25) is 0 Å². The molecule has 1 fully saturated rings. The minimum atomic E-state index is 0.258. The molecule has 1 aromatic carbocycles. The van der Waals surface area contributed by atoms with E-state index in [1.807, 2.05) is 19.1 Å². The second kappa shape index (κ2) is 5.27. The van der Waals surface area contributed by atoms with Crippen LogP contribution >= 0.6 is 0 Å². The van der Waals surface area contributed by atoms with E-state index in [1.54, 1.807) is 6.07 Å². The number of aromatic hydroxyl groups is 1. The molecule has 0 unspecified atom stereocenters. The highest BCUT2D eigenvalue weighted by molar-refractivity contribution is 5.57. The van der Waals surface area contributed by atoms with Crippen molar-refractivity contribution in [2.24, 2.45) is 5.92 Å². The predicted octanol–water partition coefficient (Wildman–Crippen LogP) is 4.04. The summed E-state index contributed by atoms with van der Waals surface area (Å²) in [6, 6.07) is 5.43. The Balaban J connectivity index is 1.81. The maximum absolute atomic E-state index is 9.76. The van der Waals surface area contributed by atoms with Gasteiger partial charge in [0, 0.05) is 11.5 Å². The van der Waals surface area contributed by atoms with E-state index < -0.39 is 0 Å². The maximum Gasteiger partial charge on any atom is 0.258 e. The minimum Gasteiger partial charge on any atom is -0.508 e. The van der Waals surface area contributed by atoms with Crippen LogP contribution in [0.3, 0.4) is 0 Å². The third-order valence-electron chi connectivity index (χ3n) is 4.28. The average molecular weight is 272 g/mol. The van der Waals surface area contributed by atoms with Crippen molar-refractivity contribution >= 4 is 0 Å². The molecule has 0 aliphatic heterocycles. The van der Waals surface area contributed by atoms with Gasteiger partial charge in [0.1, 0.15) is 5.75 Å². The van der Waals surface area contributed by atoms with E-state index in [9.17, 15) is 5.11 Å². The molecule has 1 aromatic heterocycles. The molecule has 20 heavy (non-hydrogen) atoms. The number of phenolic OH excluding ortho intramolecular Hbond substituents is 1. The summed E-state index contributed by atoms with van der Waals surface area (Å²) in [6.45, 7) is 4.16. The van der Waals surface area contributed by atoms with Crippen LogP contribution in [0.5, 0.6) is 5.75 Å². The van der Waals surface area contributed by atoms with E-state index in [0.717, 1.165) is 35.7 Å².